The molecule has 0 spiro atoms. The summed E-state index contributed by atoms with van der Waals surface area (Å²) in [6.45, 7) is 0. The second kappa shape index (κ2) is 5.01. The molecule has 2 aromatic rings. The Hall–Kier alpha value is -1.82. The maximum Gasteiger partial charge on any atom is 0.259 e. The van der Waals surface area contributed by atoms with E-state index in [0.717, 1.165) is 0 Å². The van der Waals surface area contributed by atoms with Gasteiger partial charge in [-0.05, 0) is 40.2 Å². The standard InChI is InChI=1S/C11H7BrFN3O/c12-9-6-7(13)2-3-8(9)10(17)16-11-14-4-1-5-15-11/h1-6H,(H,14,15,16,17). The van der Waals surface area contributed by atoms with Gasteiger partial charge in [0.15, 0.2) is 0 Å². The summed E-state index contributed by atoms with van der Waals surface area (Å²) in [7, 11) is 0. The highest BCUT2D eigenvalue weighted by Gasteiger charge is 2.11. The van der Waals surface area contributed by atoms with Crippen LogP contribution in [0.15, 0.2) is 41.1 Å². The first-order chi connectivity index (χ1) is 8.16. The zero-order chi connectivity index (χ0) is 12.3. The lowest BCUT2D eigenvalue weighted by Gasteiger charge is -2.04. The van der Waals surface area contributed by atoms with Crippen LogP contribution in [0.3, 0.4) is 0 Å². The topological polar surface area (TPSA) is 54.9 Å². The number of halogens is 2. The number of benzene rings is 1. The molecule has 0 aliphatic rings. The van der Waals surface area contributed by atoms with E-state index in [1.54, 1.807) is 6.07 Å². The van der Waals surface area contributed by atoms with Gasteiger partial charge < -0.3 is 0 Å². The van der Waals surface area contributed by atoms with Crippen molar-refractivity contribution in [3.8, 4) is 0 Å². The van der Waals surface area contributed by atoms with Crippen LogP contribution in [0.5, 0.6) is 0 Å². The summed E-state index contributed by atoms with van der Waals surface area (Å²) >= 11 is 3.12. The molecule has 6 heteroatoms. The number of hydrogen-bond acceptors (Lipinski definition) is 3. The zero-order valence-corrected chi connectivity index (χ0v) is 10.1. The fraction of sp³-hybridized carbons (Fsp3) is 0. The van der Waals surface area contributed by atoms with E-state index in [1.165, 1.54) is 30.6 Å². The molecule has 1 aromatic carbocycles. The fourth-order valence-corrected chi connectivity index (χ4v) is 1.74. The Morgan fingerprint density at radius 3 is 2.65 bits per heavy atom. The Kier molecular flexibility index (Phi) is 3.43. The zero-order valence-electron chi connectivity index (χ0n) is 8.52. The summed E-state index contributed by atoms with van der Waals surface area (Å²) in [6, 6.07) is 5.47. The van der Waals surface area contributed by atoms with Crippen LogP contribution in [-0.2, 0) is 0 Å². The van der Waals surface area contributed by atoms with Crippen molar-refractivity contribution in [1.82, 2.24) is 9.97 Å². The van der Waals surface area contributed by atoms with Gasteiger partial charge in [-0.15, -0.1) is 0 Å². The van der Waals surface area contributed by atoms with E-state index in [2.05, 4.69) is 31.2 Å². The highest BCUT2D eigenvalue weighted by molar-refractivity contribution is 9.10. The minimum Gasteiger partial charge on any atom is -0.290 e. The van der Waals surface area contributed by atoms with Gasteiger partial charge in [-0.3, -0.25) is 10.1 Å². The number of hydrogen-bond donors (Lipinski definition) is 1. The molecule has 0 saturated heterocycles. The molecule has 0 aliphatic carbocycles. The maximum atomic E-state index is 12.9. The van der Waals surface area contributed by atoms with E-state index >= 15 is 0 Å². The van der Waals surface area contributed by atoms with E-state index in [9.17, 15) is 9.18 Å². The first-order valence-corrected chi connectivity index (χ1v) is 5.49. The largest absolute Gasteiger partial charge is 0.290 e. The maximum absolute atomic E-state index is 12.9. The summed E-state index contributed by atoms with van der Waals surface area (Å²) in [5, 5.41) is 2.50. The second-order valence-corrected chi connectivity index (χ2v) is 4.01. The van der Waals surface area contributed by atoms with Crippen molar-refractivity contribution in [2.45, 2.75) is 0 Å². The van der Waals surface area contributed by atoms with Crippen molar-refractivity contribution in [3.05, 3.63) is 52.5 Å². The van der Waals surface area contributed by atoms with Crippen molar-refractivity contribution in [3.63, 3.8) is 0 Å². The Morgan fingerprint density at radius 2 is 2.00 bits per heavy atom. The van der Waals surface area contributed by atoms with Gasteiger partial charge in [0.1, 0.15) is 5.82 Å². The minimum absolute atomic E-state index is 0.203. The number of amides is 1. The molecule has 1 amide bonds. The Bertz CT molecular complexity index is 548. The van der Waals surface area contributed by atoms with E-state index in [4.69, 9.17) is 0 Å². The third-order valence-corrected chi connectivity index (χ3v) is 2.62. The van der Waals surface area contributed by atoms with Gasteiger partial charge in [-0.2, -0.15) is 0 Å². The number of rotatable bonds is 2. The average molecular weight is 296 g/mol. The predicted octanol–water partition coefficient (Wildman–Crippen LogP) is 2.63. The van der Waals surface area contributed by atoms with Gasteiger partial charge >= 0.3 is 0 Å². The van der Waals surface area contributed by atoms with Gasteiger partial charge in [0, 0.05) is 16.9 Å². The highest BCUT2D eigenvalue weighted by atomic mass is 79.9. The van der Waals surface area contributed by atoms with Crippen molar-refractivity contribution in [2.24, 2.45) is 0 Å². The molecule has 1 N–H and O–H groups in total. The van der Waals surface area contributed by atoms with Gasteiger partial charge in [0.25, 0.3) is 5.91 Å². The number of nitrogens with zero attached hydrogens (tertiary/aromatic N) is 2. The lowest BCUT2D eigenvalue weighted by Crippen LogP contribution is -2.14. The Morgan fingerprint density at radius 1 is 1.29 bits per heavy atom. The lowest BCUT2D eigenvalue weighted by molar-refractivity contribution is 0.102. The van der Waals surface area contributed by atoms with Crippen LogP contribution in [-0.4, -0.2) is 15.9 Å². The van der Waals surface area contributed by atoms with E-state index in [0.29, 0.717) is 10.0 Å². The van der Waals surface area contributed by atoms with Gasteiger partial charge in [0.05, 0.1) is 5.56 Å². The number of nitrogens with one attached hydrogen (secondary N) is 1. The SMILES string of the molecule is O=C(Nc1ncccn1)c1ccc(F)cc1Br. The van der Waals surface area contributed by atoms with Crippen molar-refractivity contribution >= 4 is 27.8 Å². The van der Waals surface area contributed by atoms with E-state index in [1.807, 2.05) is 0 Å². The summed E-state index contributed by atoms with van der Waals surface area (Å²) < 4.78 is 13.2. The van der Waals surface area contributed by atoms with Gasteiger partial charge in [0.2, 0.25) is 5.95 Å². The molecule has 86 valence electrons. The highest BCUT2D eigenvalue weighted by Crippen LogP contribution is 2.18. The minimum atomic E-state index is -0.413. The van der Waals surface area contributed by atoms with Crippen molar-refractivity contribution < 1.29 is 9.18 Å². The van der Waals surface area contributed by atoms with Gasteiger partial charge in [-0.1, -0.05) is 0 Å². The monoisotopic (exact) mass is 295 g/mol. The predicted molar refractivity (Wildman–Crippen MR) is 64.1 cm³/mol. The molecule has 17 heavy (non-hydrogen) atoms. The van der Waals surface area contributed by atoms with Crippen molar-refractivity contribution in [1.29, 1.82) is 0 Å². The fourth-order valence-electron chi connectivity index (χ4n) is 1.21. The number of anilines is 1. The molecule has 0 radical (unpaired) electrons. The molecular weight excluding hydrogens is 289 g/mol. The Labute approximate surface area is 105 Å². The van der Waals surface area contributed by atoms with Crippen LogP contribution in [0.4, 0.5) is 10.3 Å². The first kappa shape index (κ1) is 11.7. The first-order valence-electron chi connectivity index (χ1n) is 4.70. The van der Waals surface area contributed by atoms with E-state index in [-0.39, 0.29) is 5.95 Å². The molecule has 0 bridgehead atoms. The molecule has 0 atom stereocenters. The summed E-state index contributed by atoms with van der Waals surface area (Å²) in [5.74, 6) is -0.610. The molecule has 1 heterocycles. The average Bonchev–Trinajstić information content (AvgIpc) is 2.30. The molecular formula is C11H7BrFN3O. The number of carbonyl (C=O) groups is 1. The third-order valence-electron chi connectivity index (χ3n) is 1.97. The summed E-state index contributed by atoms with van der Waals surface area (Å²) in [6.07, 6.45) is 3.03. The molecule has 4 nitrogen and oxygen atoms in total. The van der Waals surface area contributed by atoms with Crippen molar-refractivity contribution in [2.75, 3.05) is 5.32 Å². The van der Waals surface area contributed by atoms with Crippen LogP contribution in [0.2, 0.25) is 0 Å². The summed E-state index contributed by atoms with van der Waals surface area (Å²) in [4.78, 5) is 19.5. The quantitative estimate of drug-likeness (QED) is 0.927. The lowest BCUT2D eigenvalue weighted by atomic mass is 10.2. The van der Waals surface area contributed by atoms with Crippen LogP contribution < -0.4 is 5.32 Å². The Balaban J connectivity index is 2.21. The number of aromatic nitrogens is 2. The summed E-state index contributed by atoms with van der Waals surface area (Å²) in [5.41, 5.74) is 0.318. The molecule has 0 aliphatic heterocycles. The van der Waals surface area contributed by atoms with Crippen LogP contribution in [0.25, 0.3) is 0 Å². The molecule has 0 saturated carbocycles. The van der Waals surface area contributed by atoms with Crippen LogP contribution in [0, 0.1) is 5.82 Å². The van der Waals surface area contributed by atoms with Crippen LogP contribution in [0.1, 0.15) is 10.4 Å². The molecule has 2 rings (SSSR count). The van der Waals surface area contributed by atoms with Crippen LogP contribution >= 0.6 is 15.9 Å². The smallest absolute Gasteiger partial charge is 0.259 e. The molecule has 1 aromatic heterocycles. The number of carbonyl (C=O) groups excluding carboxylic acids is 1. The van der Waals surface area contributed by atoms with Gasteiger partial charge in [-0.25, -0.2) is 14.4 Å². The third kappa shape index (κ3) is 2.85. The normalized spacial score (nSPS) is 10.0. The second-order valence-electron chi connectivity index (χ2n) is 3.15. The molecule has 0 fully saturated rings. The molecule has 0 unspecified atom stereocenters. The van der Waals surface area contributed by atoms with E-state index < -0.39 is 11.7 Å².